The molecular formula is C35H51NO4. The van der Waals surface area contributed by atoms with Crippen LogP contribution >= 0.6 is 0 Å². The van der Waals surface area contributed by atoms with Gasteiger partial charge in [0.1, 0.15) is 12.4 Å². The number of rotatable bonds is 4. The lowest BCUT2D eigenvalue weighted by Crippen LogP contribution is -2.56. The van der Waals surface area contributed by atoms with Gasteiger partial charge in [-0.05, 0) is 110 Å². The van der Waals surface area contributed by atoms with Gasteiger partial charge >= 0.3 is 6.09 Å². The van der Waals surface area contributed by atoms with Crippen molar-refractivity contribution in [2.24, 2.45) is 52.3 Å². The predicted molar refractivity (Wildman–Crippen MR) is 156 cm³/mol. The van der Waals surface area contributed by atoms with Crippen LogP contribution in [0.4, 0.5) is 4.79 Å². The highest BCUT2D eigenvalue weighted by Gasteiger charge is 2.63. The average Bonchev–Trinajstić information content (AvgIpc) is 3.22. The average molecular weight is 550 g/mol. The van der Waals surface area contributed by atoms with Crippen LogP contribution in [0.1, 0.15) is 97.5 Å². The summed E-state index contributed by atoms with van der Waals surface area (Å²) in [7, 11) is 0. The normalized spacial score (nSPS) is 43.8. The number of amides is 1. The smallest absolute Gasteiger partial charge is 0.410 e. The van der Waals surface area contributed by atoms with Crippen LogP contribution in [0.2, 0.25) is 0 Å². The predicted octanol–water partition coefficient (Wildman–Crippen LogP) is 7.26. The van der Waals surface area contributed by atoms with Gasteiger partial charge in [-0.2, -0.15) is 0 Å². The number of benzene rings is 1. The van der Waals surface area contributed by atoms with E-state index in [1.165, 1.54) is 19.3 Å². The lowest BCUT2D eigenvalue weighted by Gasteiger charge is -2.61. The lowest BCUT2D eigenvalue weighted by molar-refractivity contribution is -0.135. The summed E-state index contributed by atoms with van der Waals surface area (Å²) in [5.41, 5.74) is 1.33. The number of aliphatic hydroxyl groups excluding tert-OH is 1. The molecule has 1 saturated heterocycles. The van der Waals surface area contributed by atoms with Crippen molar-refractivity contribution in [1.29, 1.82) is 0 Å². The summed E-state index contributed by atoms with van der Waals surface area (Å²) < 4.78 is 5.84. The Morgan fingerprint density at radius 2 is 1.77 bits per heavy atom. The second-order valence-electron chi connectivity index (χ2n) is 15.1. The molecule has 220 valence electrons. The molecule has 5 nitrogen and oxygen atoms in total. The number of aliphatic hydroxyl groups is 1. The highest BCUT2D eigenvalue weighted by atomic mass is 16.6. The van der Waals surface area contributed by atoms with E-state index in [9.17, 15) is 14.7 Å². The summed E-state index contributed by atoms with van der Waals surface area (Å²) in [6, 6.07) is 9.95. The Bertz CT molecular complexity index is 1090. The molecule has 0 aromatic heterocycles. The van der Waals surface area contributed by atoms with E-state index in [-0.39, 0.29) is 42.1 Å². The minimum Gasteiger partial charge on any atom is -0.445 e. The van der Waals surface area contributed by atoms with Crippen LogP contribution in [0, 0.1) is 52.3 Å². The number of nitrogens with zero attached hydrogens (tertiary/aromatic N) is 1. The van der Waals surface area contributed by atoms with Gasteiger partial charge in [0.2, 0.25) is 0 Å². The van der Waals surface area contributed by atoms with Gasteiger partial charge in [-0.25, -0.2) is 4.79 Å². The lowest BCUT2D eigenvalue weighted by atomic mass is 9.44. The molecular weight excluding hydrogens is 498 g/mol. The monoisotopic (exact) mass is 549 g/mol. The molecule has 0 bridgehead atoms. The molecule has 6 rings (SSSR count). The maximum absolute atomic E-state index is 14.0. The van der Waals surface area contributed by atoms with Crippen molar-refractivity contribution in [2.75, 3.05) is 6.54 Å². The van der Waals surface area contributed by atoms with Gasteiger partial charge in [0.25, 0.3) is 0 Å². The molecule has 1 aromatic rings. The third-order valence-electron chi connectivity index (χ3n) is 13.0. The van der Waals surface area contributed by atoms with E-state index in [1.54, 1.807) is 0 Å². The molecule has 4 aliphatic carbocycles. The molecule has 40 heavy (non-hydrogen) atoms. The van der Waals surface area contributed by atoms with Gasteiger partial charge in [-0.1, -0.05) is 58.0 Å². The largest absolute Gasteiger partial charge is 0.445 e. The van der Waals surface area contributed by atoms with Crippen molar-refractivity contribution in [3.63, 3.8) is 0 Å². The van der Waals surface area contributed by atoms with E-state index in [4.69, 9.17) is 4.74 Å². The first-order valence-corrected chi connectivity index (χ1v) is 16.3. The van der Waals surface area contributed by atoms with Crippen LogP contribution < -0.4 is 0 Å². The van der Waals surface area contributed by atoms with Gasteiger partial charge in [0, 0.05) is 24.9 Å². The minimum atomic E-state index is -0.228. The molecule has 1 N–H and O–H groups in total. The third kappa shape index (κ3) is 4.72. The van der Waals surface area contributed by atoms with Gasteiger partial charge in [-0.3, -0.25) is 4.79 Å². The first-order chi connectivity index (χ1) is 19.1. The Hall–Kier alpha value is -1.88. The summed E-state index contributed by atoms with van der Waals surface area (Å²) >= 11 is 0. The number of likely N-dealkylation sites (tertiary alicyclic amines) is 1. The summed E-state index contributed by atoms with van der Waals surface area (Å²) in [5.74, 6) is 3.42. The summed E-state index contributed by atoms with van der Waals surface area (Å²) in [6.07, 6.45) is 10.2. The molecule has 0 radical (unpaired) electrons. The Morgan fingerprint density at radius 3 is 2.55 bits per heavy atom. The number of hydrogen-bond donors (Lipinski definition) is 1. The molecule has 11 atom stereocenters. The quantitative estimate of drug-likeness (QED) is 0.429. The Balaban J connectivity index is 1.20. The second-order valence-corrected chi connectivity index (χ2v) is 15.1. The number of carbonyl (C=O) groups is 2. The number of ether oxygens (including phenoxy) is 1. The van der Waals surface area contributed by atoms with Gasteiger partial charge in [0.15, 0.2) is 0 Å². The zero-order valence-corrected chi connectivity index (χ0v) is 25.2. The Kier molecular flexibility index (Phi) is 7.59. The second kappa shape index (κ2) is 10.7. The molecule has 1 aliphatic heterocycles. The zero-order chi connectivity index (χ0) is 28.2. The highest BCUT2D eigenvalue weighted by Crippen LogP contribution is 2.68. The summed E-state index contributed by atoms with van der Waals surface area (Å²) in [4.78, 5) is 29.4. The summed E-state index contributed by atoms with van der Waals surface area (Å²) in [6.45, 7) is 10.4. The zero-order valence-electron chi connectivity index (χ0n) is 25.2. The fraction of sp³-hybridized carbons (Fsp3) is 0.771. The van der Waals surface area contributed by atoms with Crippen molar-refractivity contribution in [2.45, 2.75) is 111 Å². The fourth-order valence-corrected chi connectivity index (χ4v) is 10.9. The van der Waals surface area contributed by atoms with Gasteiger partial charge < -0.3 is 14.7 Å². The van der Waals surface area contributed by atoms with Crippen LogP contribution in [0.3, 0.4) is 0 Å². The van der Waals surface area contributed by atoms with E-state index in [1.807, 2.05) is 35.2 Å². The maximum atomic E-state index is 14.0. The SMILES string of the molecule is CC1CCC(C(C)C2C(=O)CC3C4CCC5CC(O)CCC5(C)C4CCC32C)N(C(=O)OCc2ccccc2)C1. The van der Waals surface area contributed by atoms with E-state index < -0.39 is 0 Å². The number of fused-ring (bicyclic) bond motifs is 5. The van der Waals surface area contributed by atoms with Crippen LogP contribution in [0.25, 0.3) is 0 Å². The van der Waals surface area contributed by atoms with Crippen molar-refractivity contribution >= 4 is 11.9 Å². The molecule has 5 aliphatic rings. The van der Waals surface area contributed by atoms with Crippen LogP contribution in [0.15, 0.2) is 30.3 Å². The van der Waals surface area contributed by atoms with Gasteiger partial charge in [-0.15, -0.1) is 0 Å². The molecule has 11 unspecified atom stereocenters. The van der Waals surface area contributed by atoms with Crippen molar-refractivity contribution < 1.29 is 19.4 Å². The number of Topliss-reactive ketones (excluding diaryl/α,β-unsaturated/α-hetero) is 1. The number of piperidine rings is 1. The first kappa shape index (κ1) is 28.2. The van der Waals surface area contributed by atoms with Crippen LogP contribution in [-0.2, 0) is 16.1 Å². The van der Waals surface area contributed by atoms with Crippen molar-refractivity contribution in [3.05, 3.63) is 35.9 Å². The molecule has 5 heteroatoms. The molecule has 5 fully saturated rings. The minimum absolute atomic E-state index is 0.0116. The number of hydrogen-bond acceptors (Lipinski definition) is 4. The standard InChI is InChI=1S/C35H51NO4/c1-22-10-13-30(36(20-22)33(39)40-21-24-8-6-5-7-9-24)23(2)32-31(38)19-29-27-12-11-25-18-26(37)14-16-34(25,3)28(27)15-17-35(29,32)4/h5-9,22-23,25-30,32,37H,10-21H2,1-4H3. The van der Waals surface area contributed by atoms with Crippen molar-refractivity contribution in [1.82, 2.24) is 4.90 Å². The molecule has 1 aromatic carbocycles. The first-order valence-electron chi connectivity index (χ1n) is 16.3. The Labute approximate surface area is 241 Å². The number of ketones is 1. The molecule has 0 spiro atoms. The van der Waals surface area contributed by atoms with Crippen LogP contribution in [0.5, 0.6) is 0 Å². The fourth-order valence-electron chi connectivity index (χ4n) is 10.9. The van der Waals surface area contributed by atoms with Gasteiger partial charge in [0.05, 0.1) is 6.10 Å². The van der Waals surface area contributed by atoms with Crippen LogP contribution in [-0.4, -0.2) is 40.6 Å². The Morgan fingerprint density at radius 1 is 1.02 bits per heavy atom. The van der Waals surface area contributed by atoms with E-state index in [2.05, 4.69) is 27.7 Å². The topological polar surface area (TPSA) is 66.8 Å². The van der Waals surface area contributed by atoms with E-state index >= 15 is 0 Å². The molecule has 4 saturated carbocycles. The molecule has 1 heterocycles. The van der Waals surface area contributed by atoms with E-state index in [0.29, 0.717) is 47.3 Å². The maximum Gasteiger partial charge on any atom is 0.410 e. The highest BCUT2D eigenvalue weighted by molar-refractivity contribution is 5.85. The molecule has 1 amide bonds. The number of carbonyl (C=O) groups excluding carboxylic acids is 2. The van der Waals surface area contributed by atoms with Crippen molar-refractivity contribution in [3.8, 4) is 0 Å². The van der Waals surface area contributed by atoms with E-state index in [0.717, 1.165) is 50.5 Å². The third-order valence-corrected chi connectivity index (χ3v) is 13.0. The summed E-state index contributed by atoms with van der Waals surface area (Å²) in [5, 5.41) is 10.4.